The molecule has 1 aliphatic carbocycles. The second-order valence-electron chi connectivity index (χ2n) is 2.17. The molecule has 0 aliphatic heterocycles. The zero-order valence-corrected chi connectivity index (χ0v) is 5.22. The molecule has 0 saturated heterocycles. The first-order chi connectivity index (χ1) is 3.93. The lowest BCUT2D eigenvalue weighted by Gasteiger charge is -2.04. The predicted molar refractivity (Wildman–Crippen MR) is 30.3 cm³/mol. The van der Waals surface area contributed by atoms with Crippen molar-refractivity contribution in [3.05, 3.63) is 0 Å². The van der Waals surface area contributed by atoms with Crippen molar-refractivity contribution in [1.82, 2.24) is 0 Å². The van der Waals surface area contributed by atoms with Crippen LogP contribution in [0.15, 0.2) is 0 Å². The number of rotatable bonds is 2. The molecular formula is C6H12O2. The average molecular weight is 116 g/mol. The number of hydrogen-bond acceptors (Lipinski definition) is 2. The Labute approximate surface area is 49.7 Å². The van der Waals surface area contributed by atoms with Crippen LogP contribution in [0, 0.1) is 0 Å². The van der Waals surface area contributed by atoms with Gasteiger partial charge in [-0.1, -0.05) is 12.8 Å². The molecule has 0 atom stereocenters. The summed E-state index contributed by atoms with van der Waals surface area (Å²) >= 11 is 0. The van der Waals surface area contributed by atoms with E-state index in [1.165, 1.54) is 25.7 Å². The van der Waals surface area contributed by atoms with E-state index in [2.05, 4.69) is 4.89 Å². The molecule has 0 N–H and O–H groups in total. The van der Waals surface area contributed by atoms with E-state index in [0.29, 0.717) is 6.10 Å². The lowest BCUT2D eigenvalue weighted by atomic mass is 10.3. The number of hydrogen-bond donors (Lipinski definition) is 0. The Balaban J connectivity index is 2.06. The van der Waals surface area contributed by atoms with Crippen molar-refractivity contribution in [2.45, 2.75) is 31.8 Å². The Hall–Kier alpha value is -0.0800. The van der Waals surface area contributed by atoms with Gasteiger partial charge in [0, 0.05) is 0 Å². The highest BCUT2D eigenvalue weighted by Gasteiger charge is 2.15. The first-order valence-electron chi connectivity index (χ1n) is 3.13. The lowest BCUT2D eigenvalue weighted by molar-refractivity contribution is -0.302. The molecule has 1 saturated carbocycles. The molecular weight excluding hydrogens is 104 g/mol. The maximum atomic E-state index is 4.90. The van der Waals surface area contributed by atoms with E-state index < -0.39 is 0 Å². The van der Waals surface area contributed by atoms with Crippen LogP contribution in [-0.2, 0) is 9.78 Å². The van der Waals surface area contributed by atoms with Gasteiger partial charge in [0.2, 0.25) is 0 Å². The fourth-order valence-corrected chi connectivity index (χ4v) is 1.12. The maximum absolute atomic E-state index is 4.90. The van der Waals surface area contributed by atoms with Crippen molar-refractivity contribution >= 4 is 0 Å². The molecule has 1 rings (SSSR count). The van der Waals surface area contributed by atoms with Crippen LogP contribution in [-0.4, -0.2) is 13.2 Å². The highest BCUT2D eigenvalue weighted by molar-refractivity contribution is 4.64. The summed E-state index contributed by atoms with van der Waals surface area (Å²) in [5, 5.41) is 0. The van der Waals surface area contributed by atoms with Crippen molar-refractivity contribution in [3.63, 3.8) is 0 Å². The first-order valence-corrected chi connectivity index (χ1v) is 3.13. The highest BCUT2D eigenvalue weighted by atomic mass is 17.2. The van der Waals surface area contributed by atoms with Crippen LogP contribution in [0.5, 0.6) is 0 Å². The molecule has 0 aromatic carbocycles. The second kappa shape index (κ2) is 3.05. The van der Waals surface area contributed by atoms with Gasteiger partial charge < -0.3 is 0 Å². The molecule has 0 unspecified atom stereocenters. The summed E-state index contributed by atoms with van der Waals surface area (Å²) in [6.07, 6.45) is 5.34. The van der Waals surface area contributed by atoms with Crippen LogP contribution >= 0.6 is 0 Å². The summed E-state index contributed by atoms with van der Waals surface area (Å²) in [6.45, 7) is 0. The average Bonchev–Trinajstić information content (AvgIpc) is 2.19. The van der Waals surface area contributed by atoms with Crippen LogP contribution in [0.1, 0.15) is 25.7 Å². The molecule has 0 bridgehead atoms. The summed E-state index contributed by atoms with van der Waals surface area (Å²) in [4.78, 5) is 9.43. The third-order valence-electron chi connectivity index (χ3n) is 1.53. The fraction of sp³-hybridized carbons (Fsp3) is 1.00. The van der Waals surface area contributed by atoms with Crippen molar-refractivity contribution < 1.29 is 9.78 Å². The van der Waals surface area contributed by atoms with Crippen LogP contribution in [0.4, 0.5) is 0 Å². The molecule has 1 aliphatic rings. The Bertz CT molecular complexity index is 57.5. The summed E-state index contributed by atoms with van der Waals surface area (Å²) in [6, 6.07) is 0. The van der Waals surface area contributed by atoms with Gasteiger partial charge in [-0.15, -0.1) is 0 Å². The summed E-state index contributed by atoms with van der Waals surface area (Å²) in [7, 11) is 1.57. The van der Waals surface area contributed by atoms with Gasteiger partial charge in [-0.3, -0.25) is 0 Å². The Morgan fingerprint density at radius 3 is 2.38 bits per heavy atom. The van der Waals surface area contributed by atoms with Crippen LogP contribution in [0.25, 0.3) is 0 Å². The lowest BCUT2D eigenvalue weighted by Crippen LogP contribution is -2.05. The topological polar surface area (TPSA) is 18.5 Å². The Kier molecular flexibility index (Phi) is 2.30. The van der Waals surface area contributed by atoms with E-state index in [0.717, 1.165) is 0 Å². The van der Waals surface area contributed by atoms with E-state index in [9.17, 15) is 0 Å². The normalized spacial score (nSPS) is 22.1. The highest BCUT2D eigenvalue weighted by Crippen LogP contribution is 2.20. The van der Waals surface area contributed by atoms with Gasteiger partial charge in [0.05, 0.1) is 13.2 Å². The molecule has 2 nitrogen and oxygen atoms in total. The van der Waals surface area contributed by atoms with Crippen molar-refractivity contribution in [3.8, 4) is 0 Å². The quantitative estimate of drug-likeness (QED) is 0.402. The molecule has 8 heavy (non-hydrogen) atoms. The Morgan fingerprint density at radius 2 is 1.88 bits per heavy atom. The minimum absolute atomic E-state index is 0.389. The predicted octanol–water partition coefficient (Wildman–Crippen LogP) is 1.51. The monoisotopic (exact) mass is 116 g/mol. The maximum Gasteiger partial charge on any atom is 0.0929 e. The standard InChI is InChI=1S/C6H12O2/c1-7-8-6-4-2-3-5-6/h6H,2-5H2,1H3. The molecule has 0 aromatic heterocycles. The van der Waals surface area contributed by atoms with Crippen LogP contribution in [0.3, 0.4) is 0 Å². The molecule has 1 fully saturated rings. The SMILES string of the molecule is COOC1CCCC1. The summed E-state index contributed by atoms with van der Waals surface area (Å²) in [5.74, 6) is 0. The molecule has 0 amide bonds. The van der Waals surface area contributed by atoms with E-state index >= 15 is 0 Å². The van der Waals surface area contributed by atoms with E-state index in [1.54, 1.807) is 7.11 Å². The first kappa shape index (κ1) is 6.05. The largest absolute Gasteiger partial charge is 0.240 e. The van der Waals surface area contributed by atoms with Gasteiger partial charge in [0.25, 0.3) is 0 Å². The third kappa shape index (κ3) is 1.46. The zero-order valence-electron chi connectivity index (χ0n) is 5.22. The van der Waals surface area contributed by atoms with Gasteiger partial charge >= 0.3 is 0 Å². The van der Waals surface area contributed by atoms with Gasteiger partial charge in [0.15, 0.2) is 0 Å². The van der Waals surface area contributed by atoms with Crippen LogP contribution in [0.2, 0.25) is 0 Å². The van der Waals surface area contributed by atoms with Crippen molar-refractivity contribution in [2.75, 3.05) is 7.11 Å². The van der Waals surface area contributed by atoms with E-state index in [-0.39, 0.29) is 0 Å². The van der Waals surface area contributed by atoms with Gasteiger partial charge in [-0.2, -0.15) is 0 Å². The molecule has 0 spiro atoms. The van der Waals surface area contributed by atoms with E-state index in [4.69, 9.17) is 4.89 Å². The smallest absolute Gasteiger partial charge is 0.0929 e. The van der Waals surface area contributed by atoms with Gasteiger partial charge in [0.1, 0.15) is 0 Å². The molecule has 48 valence electrons. The molecule has 0 heterocycles. The van der Waals surface area contributed by atoms with Crippen molar-refractivity contribution in [1.29, 1.82) is 0 Å². The Morgan fingerprint density at radius 1 is 1.25 bits per heavy atom. The van der Waals surface area contributed by atoms with E-state index in [1.807, 2.05) is 0 Å². The van der Waals surface area contributed by atoms with Crippen LogP contribution < -0.4 is 0 Å². The third-order valence-corrected chi connectivity index (χ3v) is 1.53. The fourth-order valence-electron chi connectivity index (χ4n) is 1.12. The molecule has 0 aromatic rings. The minimum atomic E-state index is 0.389. The summed E-state index contributed by atoms with van der Waals surface area (Å²) < 4.78 is 0. The zero-order chi connectivity index (χ0) is 5.82. The second-order valence-corrected chi connectivity index (χ2v) is 2.17. The van der Waals surface area contributed by atoms with Gasteiger partial charge in [-0.25, -0.2) is 9.78 Å². The molecule has 0 radical (unpaired) electrons. The van der Waals surface area contributed by atoms with Crippen molar-refractivity contribution in [2.24, 2.45) is 0 Å². The van der Waals surface area contributed by atoms with Gasteiger partial charge in [-0.05, 0) is 12.8 Å². The summed E-state index contributed by atoms with van der Waals surface area (Å²) in [5.41, 5.74) is 0. The minimum Gasteiger partial charge on any atom is -0.240 e. The molecule has 2 heteroatoms.